The van der Waals surface area contributed by atoms with E-state index in [-0.39, 0.29) is 19.0 Å². The van der Waals surface area contributed by atoms with Gasteiger partial charge in [0.2, 0.25) is 0 Å². The first-order chi connectivity index (χ1) is 10.5. The predicted octanol–water partition coefficient (Wildman–Crippen LogP) is 2.24. The standard InChI is InChI=1S/C15H15N3O3S/c1-9(2)7-17-13(19)14(20)18(15(17)21)8-12-16-10-5-3-4-6-11(10)22-12/h3-6,9H,7-8H2,1-2H3. The van der Waals surface area contributed by atoms with Gasteiger partial charge in [-0.3, -0.25) is 14.5 Å². The molecule has 1 aromatic heterocycles. The number of urea groups is 1. The average Bonchev–Trinajstić information content (AvgIpc) is 2.97. The number of aromatic nitrogens is 1. The van der Waals surface area contributed by atoms with E-state index in [2.05, 4.69) is 4.98 Å². The highest BCUT2D eigenvalue weighted by Crippen LogP contribution is 2.24. The number of fused-ring (bicyclic) bond motifs is 1. The molecule has 3 rings (SSSR count). The van der Waals surface area contributed by atoms with Crippen LogP contribution in [-0.4, -0.2) is 39.2 Å². The number of hydrogen-bond donors (Lipinski definition) is 0. The molecule has 6 nitrogen and oxygen atoms in total. The van der Waals surface area contributed by atoms with Crippen LogP contribution >= 0.6 is 11.3 Å². The van der Waals surface area contributed by atoms with E-state index in [1.54, 1.807) is 0 Å². The summed E-state index contributed by atoms with van der Waals surface area (Å²) in [6.45, 7) is 4.07. The maximum atomic E-state index is 12.3. The molecule has 2 heterocycles. The van der Waals surface area contributed by atoms with Gasteiger partial charge in [0.05, 0.1) is 16.8 Å². The lowest BCUT2D eigenvalue weighted by Gasteiger charge is -2.16. The maximum absolute atomic E-state index is 12.3. The molecule has 0 atom stereocenters. The van der Waals surface area contributed by atoms with Crippen LogP contribution in [0.2, 0.25) is 0 Å². The van der Waals surface area contributed by atoms with Gasteiger partial charge in [-0.25, -0.2) is 14.7 Å². The molecule has 4 amide bonds. The molecule has 0 saturated carbocycles. The first-order valence-corrected chi connectivity index (χ1v) is 7.81. The summed E-state index contributed by atoms with van der Waals surface area (Å²) in [7, 11) is 0. The molecule has 1 aliphatic rings. The third-order valence-electron chi connectivity index (χ3n) is 3.31. The highest BCUT2D eigenvalue weighted by Gasteiger charge is 2.44. The number of hydrogen-bond acceptors (Lipinski definition) is 5. The van der Waals surface area contributed by atoms with Crippen LogP contribution in [0.5, 0.6) is 0 Å². The molecule has 1 aliphatic heterocycles. The van der Waals surface area contributed by atoms with Gasteiger partial charge >= 0.3 is 17.8 Å². The predicted molar refractivity (Wildman–Crippen MR) is 82.1 cm³/mol. The fourth-order valence-corrected chi connectivity index (χ4v) is 3.30. The van der Waals surface area contributed by atoms with E-state index in [1.807, 2.05) is 38.1 Å². The molecule has 0 aliphatic carbocycles. The van der Waals surface area contributed by atoms with E-state index in [1.165, 1.54) is 11.3 Å². The van der Waals surface area contributed by atoms with Crippen LogP contribution in [-0.2, 0) is 16.1 Å². The second-order valence-electron chi connectivity index (χ2n) is 5.56. The minimum absolute atomic E-state index is 0.0390. The minimum atomic E-state index is -0.773. The van der Waals surface area contributed by atoms with E-state index >= 15 is 0 Å². The lowest BCUT2D eigenvalue weighted by molar-refractivity contribution is -0.143. The minimum Gasteiger partial charge on any atom is -0.263 e. The van der Waals surface area contributed by atoms with E-state index in [0.717, 1.165) is 20.0 Å². The van der Waals surface area contributed by atoms with Crippen molar-refractivity contribution in [3.8, 4) is 0 Å². The van der Waals surface area contributed by atoms with Gasteiger partial charge in [-0.2, -0.15) is 0 Å². The number of carbonyl (C=O) groups is 3. The van der Waals surface area contributed by atoms with Crippen molar-refractivity contribution in [2.24, 2.45) is 5.92 Å². The van der Waals surface area contributed by atoms with Crippen molar-refractivity contribution in [2.75, 3.05) is 6.54 Å². The molecule has 114 valence electrons. The van der Waals surface area contributed by atoms with Crippen molar-refractivity contribution in [3.63, 3.8) is 0 Å². The third-order valence-corrected chi connectivity index (χ3v) is 4.34. The summed E-state index contributed by atoms with van der Waals surface area (Å²) in [5.41, 5.74) is 0.826. The van der Waals surface area contributed by atoms with Crippen LogP contribution in [0.3, 0.4) is 0 Å². The molecule has 7 heteroatoms. The fraction of sp³-hybridized carbons (Fsp3) is 0.333. The number of nitrogens with zero attached hydrogens (tertiary/aromatic N) is 3. The quantitative estimate of drug-likeness (QED) is 0.640. The van der Waals surface area contributed by atoms with E-state index < -0.39 is 17.8 Å². The van der Waals surface area contributed by atoms with Gasteiger partial charge < -0.3 is 0 Å². The molecule has 22 heavy (non-hydrogen) atoms. The van der Waals surface area contributed by atoms with Crippen molar-refractivity contribution in [3.05, 3.63) is 29.3 Å². The highest BCUT2D eigenvalue weighted by atomic mass is 32.1. The van der Waals surface area contributed by atoms with Gasteiger partial charge in [0.15, 0.2) is 0 Å². The normalized spacial score (nSPS) is 15.7. The molecule has 1 saturated heterocycles. The molecule has 0 bridgehead atoms. The Balaban J connectivity index is 1.83. The van der Waals surface area contributed by atoms with Gasteiger partial charge in [-0.1, -0.05) is 26.0 Å². The van der Waals surface area contributed by atoms with E-state index in [0.29, 0.717) is 5.01 Å². The highest BCUT2D eigenvalue weighted by molar-refractivity contribution is 7.18. The number of thiazole rings is 1. The SMILES string of the molecule is CC(C)CN1C(=O)C(=O)N(Cc2nc3ccccc3s2)C1=O. The number of para-hydroxylation sites is 1. The summed E-state index contributed by atoms with van der Waals surface area (Å²) in [4.78, 5) is 42.6. The Morgan fingerprint density at radius 2 is 1.77 bits per heavy atom. The van der Waals surface area contributed by atoms with Crippen molar-refractivity contribution in [1.29, 1.82) is 0 Å². The molecule has 1 aromatic carbocycles. The smallest absolute Gasteiger partial charge is 0.263 e. The molecule has 0 unspecified atom stereocenters. The van der Waals surface area contributed by atoms with E-state index in [4.69, 9.17) is 0 Å². The Bertz CT molecular complexity index is 735. The Morgan fingerprint density at radius 3 is 2.45 bits per heavy atom. The first kappa shape index (κ1) is 14.6. The number of benzene rings is 1. The van der Waals surface area contributed by atoms with Gasteiger partial charge in [-0.05, 0) is 18.1 Å². The van der Waals surface area contributed by atoms with Crippen LogP contribution in [0.1, 0.15) is 18.9 Å². The van der Waals surface area contributed by atoms with Crippen molar-refractivity contribution >= 4 is 39.4 Å². The largest absolute Gasteiger partial charge is 0.334 e. The Kier molecular flexibility index (Phi) is 3.66. The van der Waals surface area contributed by atoms with Gasteiger partial charge in [0.1, 0.15) is 5.01 Å². The molecule has 0 spiro atoms. The summed E-state index contributed by atoms with van der Waals surface area (Å²) < 4.78 is 0.988. The van der Waals surface area contributed by atoms with Gasteiger partial charge in [0.25, 0.3) is 0 Å². The number of amides is 4. The van der Waals surface area contributed by atoms with Gasteiger partial charge in [-0.15, -0.1) is 11.3 Å². The summed E-state index contributed by atoms with van der Waals surface area (Å²) in [5, 5.41) is 0.641. The summed E-state index contributed by atoms with van der Waals surface area (Å²) in [5.74, 6) is -1.41. The Morgan fingerprint density at radius 1 is 1.09 bits per heavy atom. The third kappa shape index (κ3) is 2.48. The van der Waals surface area contributed by atoms with Crippen molar-refractivity contribution in [1.82, 2.24) is 14.8 Å². The molecule has 0 N–H and O–H groups in total. The van der Waals surface area contributed by atoms with E-state index in [9.17, 15) is 14.4 Å². The van der Waals surface area contributed by atoms with Crippen molar-refractivity contribution in [2.45, 2.75) is 20.4 Å². The Hall–Kier alpha value is -2.28. The molecule has 1 fully saturated rings. The van der Waals surface area contributed by atoms with Crippen LogP contribution in [0, 0.1) is 5.92 Å². The number of rotatable bonds is 4. The zero-order valence-corrected chi connectivity index (χ0v) is 13.1. The maximum Gasteiger partial charge on any atom is 0.334 e. The second kappa shape index (κ2) is 5.49. The van der Waals surface area contributed by atoms with Crippen LogP contribution in [0.25, 0.3) is 10.2 Å². The van der Waals surface area contributed by atoms with Crippen molar-refractivity contribution < 1.29 is 14.4 Å². The lowest BCUT2D eigenvalue weighted by atomic mass is 10.2. The second-order valence-corrected chi connectivity index (χ2v) is 6.67. The summed E-state index contributed by atoms with van der Waals surface area (Å²) >= 11 is 1.42. The average molecular weight is 317 g/mol. The molecular weight excluding hydrogens is 302 g/mol. The van der Waals surface area contributed by atoms with Crippen LogP contribution in [0.4, 0.5) is 4.79 Å². The number of imide groups is 2. The lowest BCUT2D eigenvalue weighted by Crippen LogP contribution is -2.35. The number of carbonyl (C=O) groups excluding carboxylic acids is 3. The molecule has 0 radical (unpaired) electrons. The summed E-state index contributed by atoms with van der Waals surface area (Å²) in [6.07, 6.45) is 0. The Labute approximate surface area is 131 Å². The first-order valence-electron chi connectivity index (χ1n) is 6.99. The van der Waals surface area contributed by atoms with Crippen LogP contribution in [0.15, 0.2) is 24.3 Å². The zero-order chi connectivity index (χ0) is 15.9. The molecular formula is C15H15N3O3S. The monoisotopic (exact) mass is 317 g/mol. The zero-order valence-electron chi connectivity index (χ0n) is 12.3. The topological polar surface area (TPSA) is 70.6 Å². The van der Waals surface area contributed by atoms with Crippen LogP contribution < -0.4 is 0 Å². The molecule has 2 aromatic rings. The fourth-order valence-electron chi connectivity index (χ4n) is 2.34. The summed E-state index contributed by atoms with van der Waals surface area (Å²) in [6, 6.07) is 7.04. The van der Waals surface area contributed by atoms with Gasteiger partial charge in [0, 0.05) is 6.54 Å².